The highest BCUT2D eigenvalue weighted by atomic mass is 15.3. The number of nitrogens with zero attached hydrogens (tertiary/aromatic N) is 2. The first-order chi connectivity index (χ1) is 8.16. The van der Waals surface area contributed by atoms with Crippen molar-refractivity contribution in [1.82, 2.24) is 20.4 Å². The van der Waals surface area contributed by atoms with Crippen molar-refractivity contribution in [1.29, 1.82) is 0 Å². The predicted octanol–water partition coefficient (Wildman–Crippen LogP) is 1.17. The van der Waals surface area contributed by atoms with E-state index < -0.39 is 0 Å². The average Bonchev–Trinajstić information content (AvgIpc) is 2.54. The van der Waals surface area contributed by atoms with Crippen molar-refractivity contribution in [3.63, 3.8) is 0 Å². The molecule has 4 nitrogen and oxygen atoms in total. The zero-order valence-corrected chi connectivity index (χ0v) is 11.6. The number of hydrogen-bond acceptors (Lipinski definition) is 3. The first-order valence-corrected chi connectivity index (χ1v) is 6.57. The topological polar surface area (TPSA) is 41.9 Å². The van der Waals surface area contributed by atoms with E-state index in [1.165, 1.54) is 17.7 Å². The minimum atomic E-state index is 1.03. The molecule has 0 aromatic carbocycles. The Morgan fingerprint density at radius 1 is 1.06 bits per heavy atom. The first-order valence-electron chi connectivity index (χ1n) is 6.57. The first kappa shape index (κ1) is 14.2. The van der Waals surface area contributed by atoms with E-state index in [9.17, 15) is 0 Å². The van der Waals surface area contributed by atoms with Crippen molar-refractivity contribution in [2.75, 3.05) is 26.2 Å². The second-order valence-electron chi connectivity index (χ2n) is 4.52. The number of rotatable bonds is 8. The van der Waals surface area contributed by atoms with Gasteiger partial charge in [0.15, 0.2) is 0 Å². The van der Waals surface area contributed by atoms with Gasteiger partial charge in [0, 0.05) is 25.8 Å². The summed E-state index contributed by atoms with van der Waals surface area (Å²) in [6.45, 7) is 10.7. The van der Waals surface area contributed by atoms with Crippen molar-refractivity contribution >= 4 is 0 Å². The second kappa shape index (κ2) is 7.45. The van der Waals surface area contributed by atoms with E-state index in [2.05, 4.69) is 36.5 Å². The summed E-state index contributed by atoms with van der Waals surface area (Å²) in [5.41, 5.74) is 3.84. The SMILES string of the molecule is CCCNCCNCCc1c(C)nn(C)c1C. The Kier molecular flexibility index (Phi) is 6.22. The summed E-state index contributed by atoms with van der Waals surface area (Å²) in [6, 6.07) is 0. The lowest BCUT2D eigenvalue weighted by Crippen LogP contribution is -2.29. The molecule has 98 valence electrons. The molecule has 4 heteroatoms. The molecule has 0 spiro atoms. The number of aryl methyl sites for hydroxylation is 2. The fourth-order valence-corrected chi connectivity index (χ4v) is 2.00. The summed E-state index contributed by atoms with van der Waals surface area (Å²) in [4.78, 5) is 0. The molecule has 1 rings (SSSR count). The minimum Gasteiger partial charge on any atom is -0.315 e. The van der Waals surface area contributed by atoms with Crippen LogP contribution in [0.15, 0.2) is 0 Å². The van der Waals surface area contributed by atoms with Crippen LogP contribution in [0.4, 0.5) is 0 Å². The zero-order valence-electron chi connectivity index (χ0n) is 11.6. The van der Waals surface area contributed by atoms with Gasteiger partial charge in [0.25, 0.3) is 0 Å². The lowest BCUT2D eigenvalue weighted by molar-refractivity contribution is 0.606. The van der Waals surface area contributed by atoms with Gasteiger partial charge >= 0.3 is 0 Å². The third-order valence-electron chi connectivity index (χ3n) is 3.12. The third kappa shape index (κ3) is 4.48. The molecule has 0 fully saturated rings. The van der Waals surface area contributed by atoms with Crippen molar-refractivity contribution in [2.45, 2.75) is 33.6 Å². The van der Waals surface area contributed by atoms with E-state index in [1.807, 2.05) is 11.7 Å². The van der Waals surface area contributed by atoms with Gasteiger partial charge in [-0.1, -0.05) is 6.92 Å². The van der Waals surface area contributed by atoms with Crippen LogP contribution in [-0.2, 0) is 13.5 Å². The van der Waals surface area contributed by atoms with Crippen LogP contribution < -0.4 is 10.6 Å². The van der Waals surface area contributed by atoms with Gasteiger partial charge in [-0.3, -0.25) is 4.68 Å². The molecule has 0 amide bonds. The summed E-state index contributed by atoms with van der Waals surface area (Å²) in [6.07, 6.45) is 2.27. The zero-order chi connectivity index (χ0) is 12.7. The van der Waals surface area contributed by atoms with Gasteiger partial charge in [-0.05, 0) is 45.3 Å². The number of hydrogen-bond donors (Lipinski definition) is 2. The molecule has 1 aromatic rings. The van der Waals surface area contributed by atoms with E-state index in [0.717, 1.165) is 38.3 Å². The van der Waals surface area contributed by atoms with Crippen molar-refractivity contribution in [3.05, 3.63) is 17.0 Å². The predicted molar refractivity (Wildman–Crippen MR) is 72.4 cm³/mol. The highest BCUT2D eigenvalue weighted by Gasteiger charge is 2.07. The largest absolute Gasteiger partial charge is 0.315 e. The van der Waals surface area contributed by atoms with E-state index in [1.54, 1.807) is 0 Å². The molecule has 0 aliphatic heterocycles. The molecule has 0 radical (unpaired) electrons. The molecule has 0 aliphatic carbocycles. The van der Waals surface area contributed by atoms with Crippen LogP contribution in [0.5, 0.6) is 0 Å². The van der Waals surface area contributed by atoms with Gasteiger partial charge in [0.05, 0.1) is 5.69 Å². The normalized spacial score (nSPS) is 11.1. The maximum atomic E-state index is 4.43. The van der Waals surface area contributed by atoms with Gasteiger partial charge in [-0.25, -0.2) is 0 Å². The average molecular weight is 238 g/mol. The van der Waals surface area contributed by atoms with Crippen molar-refractivity contribution < 1.29 is 0 Å². The lowest BCUT2D eigenvalue weighted by Gasteiger charge is -2.06. The van der Waals surface area contributed by atoms with Gasteiger partial charge in [-0.2, -0.15) is 5.10 Å². The molecule has 0 aliphatic rings. The highest BCUT2D eigenvalue weighted by Crippen LogP contribution is 2.11. The summed E-state index contributed by atoms with van der Waals surface area (Å²) in [5.74, 6) is 0. The van der Waals surface area contributed by atoms with Crippen molar-refractivity contribution in [3.8, 4) is 0 Å². The molecule has 0 saturated heterocycles. The molecule has 17 heavy (non-hydrogen) atoms. The van der Waals surface area contributed by atoms with Crippen LogP contribution in [0.2, 0.25) is 0 Å². The van der Waals surface area contributed by atoms with Crippen LogP contribution >= 0.6 is 0 Å². The van der Waals surface area contributed by atoms with Crippen LogP contribution in [-0.4, -0.2) is 36.0 Å². The fraction of sp³-hybridized carbons (Fsp3) is 0.769. The van der Waals surface area contributed by atoms with Crippen molar-refractivity contribution in [2.24, 2.45) is 7.05 Å². The maximum Gasteiger partial charge on any atom is 0.0628 e. The van der Waals surface area contributed by atoms with Crippen LogP contribution in [0.1, 0.15) is 30.3 Å². The maximum absolute atomic E-state index is 4.43. The summed E-state index contributed by atoms with van der Waals surface area (Å²) in [5, 5.41) is 11.3. The van der Waals surface area contributed by atoms with Gasteiger partial charge < -0.3 is 10.6 Å². The fourth-order valence-electron chi connectivity index (χ4n) is 2.00. The third-order valence-corrected chi connectivity index (χ3v) is 3.12. The molecule has 0 saturated carbocycles. The molecular weight excluding hydrogens is 212 g/mol. The molecule has 0 atom stereocenters. The Balaban J connectivity index is 2.18. The summed E-state index contributed by atoms with van der Waals surface area (Å²) >= 11 is 0. The second-order valence-corrected chi connectivity index (χ2v) is 4.52. The Morgan fingerprint density at radius 3 is 2.24 bits per heavy atom. The Hall–Kier alpha value is -0.870. The number of aromatic nitrogens is 2. The van der Waals surface area contributed by atoms with Gasteiger partial charge in [-0.15, -0.1) is 0 Å². The van der Waals surface area contributed by atoms with Gasteiger partial charge in [0.1, 0.15) is 0 Å². The smallest absolute Gasteiger partial charge is 0.0628 e. The van der Waals surface area contributed by atoms with E-state index in [4.69, 9.17) is 0 Å². The van der Waals surface area contributed by atoms with Crippen LogP contribution in [0.3, 0.4) is 0 Å². The highest BCUT2D eigenvalue weighted by molar-refractivity contribution is 5.24. The Morgan fingerprint density at radius 2 is 1.71 bits per heavy atom. The monoisotopic (exact) mass is 238 g/mol. The lowest BCUT2D eigenvalue weighted by atomic mass is 10.1. The molecule has 0 unspecified atom stereocenters. The molecule has 0 bridgehead atoms. The molecule has 1 aromatic heterocycles. The van der Waals surface area contributed by atoms with Gasteiger partial charge in [0.2, 0.25) is 0 Å². The number of nitrogens with one attached hydrogen (secondary N) is 2. The van der Waals surface area contributed by atoms with E-state index in [-0.39, 0.29) is 0 Å². The minimum absolute atomic E-state index is 1.03. The van der Waals surface area contributed by atoms with Crippen LogP contribution in [0.25, 0.3) is 0 Å². The van der Waals surface area contributed by atoms with E-state index >= 15 is 0 Å². The molecule has 2 N–H and O–H groups in total. The molecule has 1 heterocycles. The van der Waals surface area contributed by atoms with E-state index in [0.29, 0.717) is 0 Å². The standard InChI is InChI=1S/C13H26N4/c1-5-7-14-9-10-15-8-6-13-11(2)16-17(4)12(13)3/h14-15H,5-10H2,1-4H3. The quantitative estimate of drug-likeness (QED) is 0.668. The molecular formula is C13H26N4. The summed E-state index contributed by atoms with van der Waals surface area (Å²) < 4.78 is 1.97. The Labute approximate surface area is 105 Å². The van der Waals surface area contributed by atoms with Crippen LogP contribution in [0, 0.1) is 13.8 Å². The summed E-state index contributed by atoms with van der Waals surface area (Å²) in [7, 11) is 2.01. The Bertz CT molecular complexity index is 330.